The normalized spacial score (nSPS) is 11.3. The van der Waals surface area contributed by atoms with Gasteiger partial charge in [0.1, 0.15) is 0 Å². The van der Waals surface area contributed by atoms with Crippen LogP contribution in [0, 0.1) is 0 Å². The molecule has 6 nitrogen and oxygen atoms in total. The summed E-state index contributed by atoms with van der Waals surface area (Å²) in [4.78, 5) is 4.26. The van der Waals surface area contributed by atoms with Crippen LogP contribution in [0.1, 0.15) is 39.2 Å². The molecule has 0 unspecified atom stereocenters. The quantitative estimate of drug-likeness (QED) is 0.320. The van der Waals surface area contributed by atoms with Crippen LogP contribution in [0.2, 0.25) is 0 Å². The van der Waals surface area contributed by atoms with Crippen molar-refractivity contribution in [3.8, 4) is 11.5 Å². The zero-order valence-corrected chi connectivity index (χ0v) is 16.8. The van der Waals surface area contributed by atoms with Gasteiger partial charge in [0.2, 0.25) is 0 Å². The van der Waals surface area contributed by atoms with Gasteiger partial charge in [0, 0.05) is 33.4 Å². The maximum atomic E-state index is 5.68. The topological polar surface area (TPSA) is 64.1 Å². The summed E-state index contributed by atoms with van der Waals surface area (Å²) in [6.45, 7) is 10.5. The molecule has 1 rings (SSSR count). The van der Waals surface area contributed by atoms with Crippen molar-refractivity contribution < 1.29 is 14.2 Å². The first kappa shape index (κ1) is 22.1. The fourth-order valence-corrected chi connectivity index (χ4v) is 2.48. The summed E-state index contributed by atoms with van der Waals surface area (Å²) in [5, 5.41) is 6.68. The minimum atomic E-state index is 0.627. The van der Waals surface area contributed by atoms with Gasteiger partial charge in [-0.25, -0.2) is 0 Å². The molecule has 0 aliphatic rings. The van der Waals surface area contributed by atoms with Gasteiger partial charge in [0.15, 0.2) is 17.5 Å². The average Bonchev–Trinajstić information content (AvgIpc) is 2.65. The predicted octanol–water partition coefficient (Wildman–Crippen LogP) is 3.01. The number of guanidine groups is 1. The highest BCUT2D eigenvalue weighted by molar-refractivity contribution is 5.79. The molecule has 0 fully saturated rings. The SMILES string of the molecule is CCOCCCCNC(=NC)NCCc1ccc(OCC)c(OCC)c1. The van der Waals surface area contributed by atoms with E-state index in [1.165, 1.54) is 5.56 Å². The number of nitrogens with zero attached hydrogens (tertiary/aromatic N) is 1. The molecule has 0 saturated carbocycles. The van der Waals surface area contributed by atoms with Crippen LogP contribution >= 0.6 is 0 Å². The number of rotatable bonds is 13. The molecule has 0 radical (unpaired) electrons. The fourth-order valence-electron chi connectivity index (χ4n) is 2.48. The van der Waals surface area contributed by atoms with Crippen molar-refractivity contribution in [3.63, 3.8) is 0 Å². The second-order valence-corrected chi connectivity index (χ2v) is 5.73. The van der Waals surface area contributed by atoms with E-state index in [-0.39, 0.29) is 0 Å². The molecule has 6 heteroatoms. The Morgan fingerprint density at radius 1 is 0.923 bits per heavy atom. The third-order valence-corrected chi connectivity index (χ3v) is 3.75. The molecule has 148 valence electrons. The largest absolute Gasteiger partial charge is 0.490 e. The van der Waals surface area contributed by atoms with Gasteiger partial charge in [0.25, 0.3) is 0 Å². The highest BCUT2D eigenvalue weighted by Crippen LogP contribution is 2.28. The lowest BCUT2D eigenvalue weighted by Gasteiger charge is -2.14. The average molecular weight is 366 g/mol. The van der Waals surface area contributed by atoms with E-state index in [9.17, 15) is 0 Å². The van der Waals surface area contributed by atoms with Crippen molar-refractivity contribution >= 4 is 5.96 Å². The second-order valence-electron chi connectivity index (χ2n) is 5.73. The van der Waals surface area contributed by atoms with Crippen molar-refractivity contribution in [2.75, 3.05) is 46.6 Å². The van der Waals surface area contributed by atoms with Crippen LogP contribution in [0.15, 0.2) is 23.2 Å². The highest BCUT2D eigenvalue weighted by Gasteiger charge is 2.06. The molecule has 0 aliphatic heterocycles. The Bertz CT molecular complexity index is 521. The lowest BCUT2D eigenvalue weighted by atomic mass is 10.1. The second kappa shape index (κ2) is 14.2. The van der Waals surface area contributed by atoms with E-state index in [1.54, 1.807) is 7.05 Å². The molecule has 26 heavy (non-hydrogen) atoms. The van der Waals surface area contributed by atoms with Crippen LogP contribution in [0.3, 0.4) is 0 Å². The Morgan fingerprint density at radius 2 is 1.65 bits per heavy atom. The zero-order chi connectivity index (χ0) is 19.0. The maximum Gasteiger partial charge on any atom is 0.190 e. The fraction of sp³-hybridized carbons (Fsp3) is 0.650. The van der Waals surface area contributed by atoms with Crippen molar-refractivity contribution in [3.05, 3.63) is 23.8 Å². The Kier molecular flexibility index (Phi) is 12.1. The van der Waals surface area contributed by atoms with E-state index >= 15 is 0 Å². The van der Waals surface area contributed by atoms with Crippen LogP contribution in [-0.2, 0) is 11.2 Å². The van der Waals surface area contributed by atoms with Gasteiger partial charge in [-0.2, -0.15) is 0 Å². The molecule has 1 aromatic rings. The number of hydrogen-bond donors (Lipinski definition) is 2. The minimum Gasteiger partial charge on any atom is -0.490 e. The van der Waals surface area contributed by atoms with E-state index in [4.69, 9.17) is 14.2 Å². The number of benzene rings is 1. The first-order valence-corrected chi connectivity index (χ1v) is 9.65. The number of hydrogen-bond acceptors (Lipinski definition) is 4. The van der Waals surface area contributed by atoms with Crippen LogP contribution in [-0.4, -0.2) is 52.5 Å². The van der Waals surface area contributed by atoms with Crippen molar-refractivity contribution in [2.24, 2.45) is 4.99 Å². The van der Waals surface area contributed by atoms with Crippen molar-refractivity contribution in [2.45, 2.75) is 40.0 Å². The molecule has 0 heterocycles. The molecule has 0 spiro atoms. The summed E-state index contributed by atoms with van der Waals surface area (Å²) < 4.78 is 16.6. The third kappa shape index (κ3) is 8.94. The number of aliphatic imine (C=N–C) groups is 1. The third-order valence-electron chi connectivity index (χ3n) is 3.75. The molecule has 0 aromatic heterocycles. The van der Waals surface area contributed by atoms with E-state index in [1.807, 2.05) is 26.8 Å². The Balaban J connectivity index is 2.37. The first-order valence-electron chi connectivity index (χ1n) is 9.65. The summed E-state index contributed by atoms with van der Waals surface area (Å²) in [5.74, 6) is 2.44. The van der Waals surface area contributed by atoms with E-state index < -0.39 is 0 Å². The molecule has 0 bridgehead atoms. The molecule has 0 amide bonds. The molecular weight excluding hydrogens is 330 g/mol. The van der Waals surface area contributed by atoms with Gasteiger partial charge < -0.3 is 24.8 Å². The predicted molar refractivity (Wildman–Crippen MR) is 108 cm³/mol. The maximum absolute atomic E-state index is 5.68. The molecule has 0 aliphatic carbocycles. The van der Waals surface area contributed by atoms with Gasteiger partial charge in [0.05, 0.1) is 13.2 Å². The smallest absolute Gasteiger partial charge is 0.190 e. The van der Waals surface area contributed by atoms with E-state index in [0.717, 1.165) is 63.0 Å². The Hall–Kier alpha value is -1.95. The number of unbranched alkanes of at least 4 members (excludes halogenated alkanes) is 1. The van der Waals surface area contributed by atoms with Gasteiger partial charge in [-0.3, -0.25) is 4.99 Å². The Morgan fingerprint density at radius 3 is 2.35 bits per heavy atom. The summed E-state index contributed by atoms with van der Waals surface area (Å²) in [6, 6.07) is 6.12. The molecule has 1 aromatic carbocycles. The van der Waals surface area contributed by atoms with Crippen molar-refractivity contribution in [1.29, 1.82) is 0 Å². The van der Waals surface area contributed by atoms with Crippen LogP contribution in [0.4, 0.5) is 0 Å². The Labute approximate surface area is 158 Å². The molecule has 2 N–H and O–H groups in total. The van der Waals surface area contributed by atoms with Crippen LogP contribution in [0.5, 0.6) is 11.5 Å². The summed E-state index contributed by atoms with van der Waals surface area (Å²) in [7, 11) is 1.79. The summed E-state index contributed by atoms with van der Waals surface area (Å²) in [5.41, 5.74) is 1.21. The van der Waals surface area contributed by atoms with Gasteiger partial charge in [-0.05, 0) is 57.7 Å². The molecule has 0 saturated heterocycles. The summed E-state index contributed by atoms with van der Waals surface area (Å²) in [6.07, 6.45) is 3.01. The highest BCUT2D eigenvalue weighted by atomic mass is 16.5. The molecule has 0 atom stereocenters. The van der Waals surface area contributed by atoms with Gasteiger partial charge in [-0.1, -0.05) is 6.07 Å². The zero-order valence-electron chi connectivity index (χ0n) is 16.8. The van der Waals surface area contributed by atoms with E-state index in [0.29, 0.717) is 13.2 Å². The monoisotopic (exact) mass is 365 g/mol. The lowest BCUT2D eigenvalue weighted by Crippen LogP contribution is -2.38. The summed E-state index contributed by atoms with van der Waals surface area (Å²) >= 11 is 0. The van der Waals surface area contributed by atoms with Gasteiger partial charge in [-0.15, -0.1) is 0 Å². The van der Waals surface area contributed by atoms with Gasteiger partial charge >= 0.3 is 0 Å². The molecular formula is C20H35N3O3. The lowest BCUT2D eigenvalue weighted by molar-refractivity contribution is 0.143. The van der Waals surface area contributed by atoms with Crippen LogP contribution < -0.4 is 20.1 Å². The number of nitrogens with one attached hydrogen (secondary N) is 2. The first-order chi connectivity index (χ1) is 12.7. The van der Waals surface area contributed by atoms with Crippen molar-refractivity contribution in [1.82, 2.24) is 10.6 Å². The van der Waals surface area contributed by atoms with Crippen LogP contribution in [0.25, 0.3) is 0 Å². The number of ether oxygens (including phenoxy) is 3. The minimum absolute atomic E-state index is 0.627. The standard InChI is InChI=1S/C20H35N3O3/c1-5-24-15-9-8-13-22-20(21-4)23-14-12-17-10-11-18(25-6-2)19(16-17)26-7-3/h10-11,16H,5-9,12-15H2,1-4H3,(H2,21,22,23). The van der Waals surface area contributed by atoms with E-state index in [2.05, 4.69) is 27.8 Å².